The highest BCUT2D eigenvalue weighted by molar-refractivity contribution is 6.13. The van der Waals surface area contributed by atoms with E-state index in [0.29, 0.717) is 11.3 Å². The van der Waals surface area contributed by atoms with Crippen molar-refractivity contribution in [3.8, 4) is 5.75 Å². The minimum Gasteiger partial charge on any atom is -0.496 e. The average molecular weight is 364 g/mol. The lowest BCUT2D eigenvalue weighted by Gasteiger charge is -2.12. The Bertz CT molecular complexity index is 1030. The molecule has 1 aliphatic carbocycles. The molecule has 0 bridgehead atoms. The monoisotopic (exact) mass is 364 g/mol. The highest BCUT2D eigenvalue weighted by Crippen LogP contribution is 2.39. The second-order valence-electron chi connectivity index (χ2n) is 7.89. The van der Waals surface area contributed by atoms with Gasteiger partial charge < -0.3 is 14.2 Å². The van der Waals surface area contributed by atoms with Gasteiger partial charge in [-0.2, -0.15) is 0 Å². The number of carbonyl (C=O) groups excluding carboxylic acids is 1. The number of carbonyl (C=O) groups is 1. The molecule has 142 valence electrons. The summed E-state index contributed by atoms with van der Waals surface area (Å²) >= 11 is 0. The van der Waals surface area contributed by atoms with Gasteiger partial charge in [0.1, 0.15) is 5.75 Å². The second-order valence-corrected chi connectivity index (χ2v) is 7.89. The molecule has 1 aliphatic rings. The van der Waals surface area contributed by atoms with Crippen LogP contribution in [0.4, 0.5) is 0 Å². The van der Waals surface area contributed by atoms with Crippen molar-refractivity contribution in [1.82, 2.24) is 9.47 Å². The number of aryl methyl sites for hydroxylation is 3. The maximum Gasteiger partial charge on any atom is 0.163 e. The largest absolute Gasteiger partial charge is 0.496 e. The van der Waals surface area contributed by atoms with E-state index in [1.165, 1.54) is 39.4 Å². The van der Waals surface area contributed by atoms with Crippen LogP contribution in [0.1, 0.15) is 41.3 Å². The van der Waals surface area contributed by atoms with Crippen molar-refractivity contribution in [2.45, 2.75) is 39.2 Å². The smallest absolute Gasteiger partial charge is 0.163 e. The molecule has 0 radical (unpaired) electrons. The van der Waals surface area contributed by atoms with Crippen molar-refractivity contribution in [3.63, 3.8) is 0 Å². The predicted molar refractivity (Wildman–Crippen MR) is 111 cm³/mol. The van der Waals surface area contributed by atoms with Gasteiger partial charge in [-0.1, -0.05) is 6.07 Å². The fourth-order valence-electron chi connectivity index (χ4n) is 4.53. The van der Waals surface area contributed by atoms with Crippen molar-refractivity contribution >= 4 is 27.6 Å². The first-order chi connectivity index (χ1) is 13.0. The minimum absolute atomic E-state index is 0.0508. The van der Waals surface area contributed by atoms with Crippen molar-refractivity contribution in [1.29, 1.82) is 0 Å². The molecule has 0 saturated carbocycles. The van der Waals surface area contributed by atoms with E-state index in [1.807, 2.05) is 0 Å². The van der Waals surface area contributed by atoms with Crippen molar-refractivity contribution in [3.05, 3.63) is 41.0 Å². The van der Waals surface area contributed by atoms with E-state index in [-0.39, 0.29) is 5.78 Å². The molecule has 3 aromatic rings. The first-order valence-corrected chi connectivity index (χ1v) is 9.81. The number of ether oxygens (including phenoxy) is 1. The quantitative estimate of drug-likeness (QED) is 0.606. The van der Waals surface area contributed by atoms with Gasteiger partial charge in [0.15, 0.2) is 5.78 Å². The second kappa shape index (κ2) is 7.01. The summed E-state index contributed by atoms with van der Waals surface area (Å²) in [5.41, 5.74) is 6.07. The lowest BCUT2D eigenvalue weighted by Crippen LogP contribution is -2.15. The van der Waals surface area contributed by atoms with Gasteiger partial charge in [-0.25, -0.2) is 0 Å². The van der Waals surface area contributed by atoms with Gasteiger partial charge in [0.25, 0.3) is 0 Å². The molecule has 1 heterocycles. The third-order valence-corrected chi connectivity index (χ3v) is 5.80. The molecule has 27 heavy (non-hydrogen) atoms. The molecule has 0 amide bonds. The summed E-state index contributed by atoms with van der Waals surface area (Å²) in [4.78, 5) is 14.4. The van der Waals surface area contributed by atoms with E-state index < -0.39 is 0 Å². The van der Waals surface area contributed by atoms with Crippen LogP contribution in [-0.2, 0) is 19.4 Å². The molecule has 0 spiro atoms. The van der Waals surface area contributed by atoms with Crippen LogP contribution in [0.3, 0.4) is 0 Å². The van der Waals surface area contributed by atoms with Gasteiger partial charge in [0, 0.05) is 28.9 Å². The van der Waals surface area contributed by atoms with Gasteiger partial charge in [-0.3, -0.25) is 4.79 Å². The number of nitrogens with zero attached hydrogens (tertiary/aromatic N) is 2. The summed E-state index contributed by atoms with van der Waals surface area (Å²) in [6.45, 7) is 3.62. The van der Waals surface area contributed by atoms with Crippen LogP contribution < -0.4 is 4.74 Å². The van der Waals surface area contributed by atoms with Gasteiger partial charge in [-0.15, -0.1) is 0 Å². The first kappa shape index (κ1) is 18.1. The SMILES string of the molecule is COc1cc2c(cc1C(C)=O)c1c3c(ccc1n2CCCN(C)C)CCC3. The van der Waals surface area contributed by atoms with Crippen LogP contribution in [0.2, 0.25) is 0 Å². The van der Waals surface area contributed by atoms with E-state index in [4.69, 9.17) is 4.74 Å². The fourth-order valence-corrected chi connectivity index (χ4v) is 4.53. The minimum atomic E-state index is 0.0508. The third-order valence-electron chi connectivity index (χ3n) is 5.80. The summed E-state index contributed by atoms with van der Waals surface area (Å²) in [5, 5.41) is 2.54. The number of ketones is 1. The molecule has 0 fully saturated rings. The lowest BCUT2D eigenvalue weighted by atomic mass is 10.0. The third kappa shape index (κ3) is 3.02. The van der Waals surface area contributed by atoms with E-state index in [1.54, 1.807) is 14.0 Å². The van der Waals surface area contributed by atoms with Crippen LogP contribution in [0.15, 0.2) is 24.3 Å². The van der Waals surface area contributed by atoms with E-state index in [0.717, 1.165) is 32.4 Å². The Kier molecular flexibility index (Phi) is 4.68. The Balaban J connectivity index is 2.00. The van der Waals surface area contributed by atoms with E-state index in [2.05, 4.69) is 47.8 Å². The van der Waals surface area contributed by atoms with E-state index in [9.17, 15) is 4.79 Å². The fraction of sp³-hybridized carbons (Fsp3) is 0.435. The molecule has 0 atom stereocenters. The van der Waals surface area contributed by atoms with Crippen LogP contribution in [0.5, 0.6) is 5.75 Å². The molecule has 0 N–H and O–H groups in total. The van der Waals surface area contributed by atoms with Crippen LogP contribution in [0, 0.1) is 0 Å². The lowest BCUT2D eigenvalue weighted by molar-refractivity contribution is 0.101. The van der Waals surface area contributed by atoms with Gasteiger partial charge >= 0.3 is 0 Å². The molecular formula is C23H28N2O2. The average Bonchev–Trinajstić information content (AvgIpc) is 3.22. The molecule has 0 aliphatic heterocycles. The van der Waals surface area contributed by atoms with E-state index >= 15 is 0 Å². The first-order valence-electron chi connectivity index (χ1n) is 9.81. The highest BCUT2D eigenvalue weighted by Gasteiger charge is 2.22. The maximum atomic E-state index is 12.2. The Morgan fingerprint density at radius 3 is 2.70 bits per heavy atom. The molecule has 0 unspecified atom stereocenters. The molecule has 0 saturated heterocycles. The number of rotatable bonds is 6. The number of methoxy groups -OCH3 is 1. The van der Waals surface area contributed by atoms with Crippen LogP contribution >= 0.6 is 0 Å². The summed E-state index contributed by atoms with van der Waals surface area (Å²) in [6, 6.07) is 8.69. The van der Waals surface area contributed by atoms with Crippen molar-refractivity contribution in [2.75, 3.05) is 27.7 Å². The van der Waals surface area contributed by atoms with Crippen LogP contribution in [0.25, 0.3) is 21.8 Å². The number of benzene rings is 2. The number of hydrogen-bond acceptors (Lipinski definition) is 3. The maximum absolute atomic E-state index is 12.2. The Morgan fingerprint density at radius 2 is 2.00 bits per heavy atom. The van der Waals surface area contributed by atoms with Gasteiger partial charge in [-0.05, 0) is 76.5 Å². The van der Waals surface area contributed by atoms with Crippen LogP contribution in [-0.4, -0.2) is 43.0 Å². The molecule has 4 rings (SSSR count). The number of aromatic nitrogens is 1. The molecule has 2 aromatic carbocycles. The molecule has 1 aromatic heterocycles. The summed E-state index contributed by atoms with van der Waals surface area (Å²) in [6.07, 6.45) is 4.59. The topological polar surface area (TPSA) is 34.5 Å². The highest BCUT2D eigenvalue weighted by atomic mass is 16.5. The zero-order chi connectivity index (χ0) is 19.1. The summed E-state index contributed by atoms with van der Waals surface area (Å²) in [7, 11) is 5.87. The zero-order valence-electron chi connectivity index (χ0n) is 16.8. The van der Waals surface area contributed by atoms with Crippen molar-refractivity contribution in [2.24, 2.45) is 0 Å². The standard InChI is InChI=1S/C23H28N2O2/c1-15(26)18-13-19-21(14-22(18)27-4)25(12-6-11-24(2)3)20-10-9-16-7-5-8-17(16)23(19)20/h9-10,13-14H,5-8,11-12H2,1-4H3. The normalized spacial score (nSPS) is 13.7. The van der Waals surface area contributed by atoms with Gasteiger partial charge in [0.2, 0.25) is 0 Å². The molecule has 4 heteroatoms. The zero-order valence-corrected chi connectivity index (χ0v) is 16.8. The Hall–Kier alpha value is -2.33. The van der Waals surface area contributed by atoms with Gasteiger partial charge in [0.05, 0.1) is 18.2 Å². The summed E-state index contributed by atoms with van der Waals surface area (Å²) in [5.74, 6) is 0.721. The summed E-state index contributed by atoms with van der Waals surface area (Å²) < 4.78 is 7.97. The number of hydrogen-bond donors (Lipinski definition) is 0. The predicted octanol–water partition coefficient (Wildman–Crippen LogP) is 4.45. The Labute approximate surface area is 160 Å². The number of fused-ring (bicyclic) bond motifs is 5. The van der Waals surface area contributed by atoms with Crippen molar-refractivity contribution < 1.29 is 9.53 Å². The Morgan fingerprint density at radius 1 is 1.19 bits per heavy atom. The molecule has 4 nitrogen and oxygen atoms in total. The number of Topliss-reactive ketones (excluding diaryl/α,β-unsaturated/α-hetero) is 1. The molecular weight excluding hydrogens is 336 g/mol.